The van der Waals surface area contributed by atoms with Crippen LogP contribution in [0.1, 0.15) is 26.2 Å². The minimum Gasteiger partial charge on any atom is -0.460 e. The Morgan fingerprint density at radius 2 is 2.00 bits per heavy atom. The van der Waals surface area contributed by atoms with Gasteiger partial charge in [0.05, 0.1) is 18.3 Å². The van der Waals surface area contributed by atoms with Crippen LogP contribution in [0.5, 0.6) is 0 Å². The minimum atomic E-state index is -0.864. The fourth-order valence-electron chi connectivity index (χ4n) is 1.49. The van der Waals surface area contributed by atoms with Crippen molar-refractivity contribution >= 4 is 5.97 Å². The summed E-state index contributed by atoms with van der Waals surface area (Å²) in [5.41, 5.74) is 0. The molecule has 90 valence electrons. The Bertz CT molecular complexity index is 283. The maximum atomic E-state index is 11.2. The highest BCUT2D eigenvalue weighted by Crippen LogP contribution is 2.09. The number of hydrogen-bond donors (Lipinski definition) is 2. The number of aliphatic hydroxyl groups excluding tert-OH is 2. The van der Waals surface area contributed by atoms with Gasteiger partial charge in [0.1, 0.15) is 0 Å². The van der Waals surface area contributed by atoms with Crippen LogP contribution >= 0.6 is 0 Å². The number of cyclic esters (lactones) is 1. The Morgan fingerprint density at radius 3 is 2.75 bits per heavy atom. The molecule has 0 spiro atoms. The maximum absolute atomic E-state index is 11.2. The predicted molar refractivity (Wildman–Crippen MR) is 59.7 cm³/mol. The number of rotatable bonds is 0. The summed E-state index contributed by atoms with van der Waals surface area (Å²) in [4.78, 5) is 11.2. The molecule has 3 atom stereocenters. The molecule has 0 fully saturated rings. The van der Waals surface area contributed by atoms with Gasteiger partial charge in [-0.05, 0) is 32.3 Å². The molecule has 0 radical (unpaired) electrons. The molecular weight excluding hydrogens is 208 g/mol. The van der Waals surface area contributed by atoms with Gasteiger partial charge < -0.3 is 14.9 Å². The van der Waals surface area contributed by atoms with Crippen LogP contribution in [-0.2, 0) is 9.53 Å². The van der Waals surface area contributed by atoms with E-state index in [1.54, 1.807) is 6.08 Å². The molecule has 0 bridgehead atoms. The van der Waals surface area contributed by atoms with E-state index in [9.17, 15) is 15.0 Å². The van der Waals surface area contributed by atoms with Crippen molar-refractivity contribution in [1.29, 1.82) is 0 Å². The first kappa shape index (κ1) is 12.9. The lowest BCUT2D eigenvalue weighted by Crippen LogP contribution is -2.15. The summed E-state index contributed by atoms with van der Waals surface area (Å²) in [5.74, 6) is -0.443. The highest BCUT2D eigenvalue weighted by Gasteiger charge is 2.09. The van der Waals surface area contributed by atoms with Gasteiger partial charge in [-0.15, -0.1) is 0 Å². The minimum absolute atomic E-state index is 0.162. The molecule has 2 N–H and O–H groups in total. The van der Waals surface area contributed by atoms with Crippen molar-refractivity contribution in [1.82, 2.24) is 0 Å². The normalized spacial score (nSPS) is 36.7. The van der Waals surface area contributed by atoms with Crippen molar-refractivity contribution in [3.63, 3.8) is 0 Å². The highest BCUT2D eigenvalue weighted by atomic mass is 16.5. The third-order valence-corrected chi connectivity index (χ3v) is 2.39. The van der Waals surface area contributed by atoms with Gasteiger partial charge in [0, 0.05) is 6.08 Å². The first-order valence-corrected chi connectivity index (χ1v) is 5.51. The predicted octanol–water partition coefficient (Wildman–Crippen LogP) is 0.936. The van der Waals surface area contributed by atoms with E-state index in [2.05, 4.69) is 0 Å². The van der Waals surface area contributed by atoms with Crippen molar-refractivity contribution in [3.8, 4) is 0 Å². The summed E-state index contributed by atoms with van der Waals surface area (Å²) in [6, 6.07) is 0. The standard InChI is InChI=1S/C12H18O4/c1-9-3-2-4-10(13)5-6-11(14)7-8-12(15)16-9/h5-11,13-14H,2-4H2,1H3/b6-5-,8-7+/t9-,10?,11-/m0/s1. The lowest BCUT2D eigenvalue weighted by Gasteiger charge is -2.13. The number of hydrogen-bond acceptors (Lipinski definition) is 4. The van der Waals surface area contributed by atoms with Crippen LogP contribution in [0.15, 0.2) is 24.3 Å². The summed E-state index contributed by atoms with van der Waals surface area (Å²) in [5, 5.41) is 18.9. The lowest BCUT2D eigenvalue weighted by molar-refractivity contribution is -0.142. The van der Waals surface area contributed by atoms with Crippen LogP contribution in [0, 0.1) is 0 Å². The van der Waals surface area contributed by atoms with Crippen molar-refractivity contribution < 1.29 is 19.7 Å². The highest BCUT2D eigenvalue weighted by molar-refractivity contribution is 5.82. The molecule has 0 aromatic rings. The first-order chi connectivity index (χ1) is 7.58. The Morgan fingerprint density at radius 1 is 1.25 bits per heavy atom. The molecular formula is C12H18O4. The van der Waals surface area contributed by atoms with Gasteiger partial charge in [-0.25, -0.2) is 4.79 Å². The monoisotopic (exact) mass is 226 g/mol. The van der Waals surface area contributed by atoms with Crippen molar-refractivity contribution in [2.45, 2.75) is 44.5 Å². The van der Waals surface area contributed by atoms with E-state index in [4.69, 9.17) is 4.74 Å². The summed E-state index contributed by atoms with van der Waals surface area (Å²) in [6.45, 7) is 1.82. The van der Waals surface area contributed by atoms with Gasteiger partial charge >= 0.3 is 5.97 Å². The third-order valence-electron chi connectivity index (χ3n) is 2.39. The average Bonchev–Trinajstić information content (AvgIpc) is 2.22. The SMILES string of the molecule is C[C@H]1CCCC(O)/C=C\[C@H](O)/C=C/C(=O)O1. The zero-order valence-corrected chi connectivity index (χ0v) is 9.37. The zero-order chi connectivity index (χ0) is 12.0. The van der Waals surface area contributed by atoms with Crippen molar-refractivity contribution in [3.05, 3.63) is 24.3 Å². The fraction of sp³-hybridized carbons (Fsp3) is 0.583. The van der Waals surface area contributed by atoms with E-state index in [1.807, 2.05) is 6.92 Å². The van der Waals surface area contributed by atoms with Gasteiger partial charge in [0.15, 0.2) is 0 Å². The van der Waals surface area contributed by atoms with E-state index in [0.29, 0.717) is 6.42 Å². The molecule has 0 saturated heterocycles. The van der Waals surface area contributed by atoms with E-state index >= 15 is 0 Å². The van der Waals surface area contributed by atoms with E-state index in [1.165, 1.54) is 18.2 Å². The van der Waals surface area contributed by atoms with Gasteiger partial charge in [0.25, 0.3) is 0 Å². The number of carbonyl (C=O) groups excluding carboxylic acids is 1. The summed E-state index contributed by atoms with van der Waals surface area (Å²) >= 11 is 0. The van der Waals surface area contributed by atoms with Gasteiger partial charge in [-0.2, -0.15) is 0 Å². The molecule has 0 saturated carbocycles. The second-order valence-corrected chi connectivity index (χ2v) is 3.98. The average molecular weight is 226 g/mol. The molecule has 1 rings (SSSR count). The molecule has 1 unspecified atom stereocenters. The summed E-state index contributed by atoms with van der Waals surface area (Å²) in [7, 11) is 0. The summed E-state index contributed by atoms with van der Waals surface area (Å²) in [6.07, 6.45) is 6.08. The topological polar surface area (TPSA) is 66.8 Å². The van der Waals surface area contributed by atoms with E-state index in [0.717, 1.165) is 12.8 Å². The number of ether oxygens (including phenoxy) is 1. The maximum Gasteiger partial charge on any atom is 0.330 e. The molecule has 1 aliphatic rings. The quantitative estimate of drug-likeness (QED) is 0.476. The van der Waals surface area contributed by atoms with Crippen LogP contribution in [0.4, 0.5) is 0 Å². The largest absolute Gasteiger partial charge is 0.460 e. The summed E-state index contributed by atoms with van der Waals surface area (Å²) < 4.78 is 5.06. The lowest BCUT2D eigenvalue weighted by atomic mass is 10.1. The van der Waals surface area contributed by atoms with Gasteiger partial charge in [-0.1, -0.05) is 12.2 Å². The van der Waals surface area contributed by atoms with Crippen LogP contribution in [-0.4, -0.2) is 34.5 Å². The molecule has 1 heterocycles. The molecule has 0 aliphatic carbocycles. The van der Waals surface area contributed by atoms with Crippen LogP contribution in [0.3, 0.4) is 0 Å². The third kappa shape index (κ3) is 5.09. The molecule has 16 heavy (non-hydrogen) atoms. The van der Waals surface area contributed by atoms with Crippen LogP contribution in [0.2, 0.25) is 0 Å². The van der Waals surface area contributed by atoms with Crippen molar-refractivity contribution in [2.24, 2.45) is 0 Å². The van der Waals surface area contributed by atoms with Crippen LogP contribution < -0.4 is 0 Å². The molecule has 0 aromatic carbocycles. The number of esters is 1. The molecule has 1 aliphatic heterocycles. The number of aliphatic hydroxyl groups is 2. The Hall–Kier alpha value is -1.13. The van der Waals surface area contributed by atoms with Gasteiger partial charge in [0.2, 0.25) is 0 Å². The Kier molecular flexibility index (Phi) is 5.22. The molecule has 4 heteroatoms. The fourth-order valence-corrected chi connectivity index (χ4v) is 1.49. The number of carbonyl (C=O) groups is 1. The molecule has 0 amide bonds. The van der Waals surface area contributed by atoms with Gasteiger partial charge in [-0.3, -0.25) is 0 Å². The van der Waals surface area contributed by atoms with Crippen molar-refractivity contribution in [2.75, 3.05) is 0 Å². The molecule has 4 nitrogen and oxygen atoms in total. The van der Waals surface area contributed by atoms with E-state index in [-0.39, 0.29) is 6.10 Å². The Balaban J connectivity index is 2.65. The second kappa shape index (κ2) is 6.45. The first-order valence-electron chi connectivity index (χ1n) is 5.51. The second-order valence-electron chi connectivity index (χ2n) is 3.98. The van der Waals surface area contributed by atoms with Crippen LogP contribution in [0.25, 0.3) is 0 Å². The van der Waals surface area contributed by atoms with E-state index < -0.39 is 18.2 Å². The smallest absolute Gasteiger partial charge is 0.330 e. The Labute approximate surface area is 95.2 Å². The molecule has 0 aromatic heterocycles. The zero-order valence-electron chi connectivity index (χ0n) is 9.37.